The quantitative estimate of drug-likeness (QED) is 0.363. The lowest BCUT2D eigenvalue weighted by Crippen LogP contribution is -2.23. The van der Waals surface area contributed by atoms with Gasteiger partial charge >= 0.3 is 5.97 Å². The van der Waals surface area contributed by atoms with Crippen LogP contribution in [0.3, 0.4) is 0 Å². The second kappa shape index (κ2) is 4.98. The zero-order valence-electron chi connectivity index (χ0n) is 7.52. The highest BCUT2D eigenvalue weighted by Gasteiger charge is 2.17. The van der Waals surface area contributed by atoms with Crippen LogP contribution in [0.4, 0.5) is 0 Å². The third kappa shape index (κ3) is 5.37. The molecule has 0 aromatic carbocycles. The molecule has 6 heteroatoms. The van der Waals surface area contributed by atoms with Gasteiger partial charge in [-0.05, 0) is 6.92 Å². The number of ether oxygens (including phenoxy) is 1. The largest absolute Gasteiger partial charge is 0.458 e. The van der Waals surface area contributed by atoms with E-state index in [1.807, 2.05) is 0 Å². The molecule has 0 N–H and O–H groups in total. The summed E-state index contributed by atoms with van der Waals surface area (Å²) in [7, 11) is -2.53. The van der Waals surface area contributed by atoms with Gasteiger partial charge in [0.05, 0.1) is 7.11 Å². The van der Waals surface area contributed by atoms with E-state index in [0.717, 1.165) is 13.2 Å². The van der Waals surface area contributed by atoms with Gasteiger partial charge in [0.25, 0.3) is 10.1 Å². The Bertz CT molecular complexity index is 279. The van der Waals surface area contributed by atoms with Gasteiger partial charge in [0, 0.05) is 6.08 Å². The van der Waals surface area contributed by atoms with Crippen molar-refractivity contribution in [1.82, 2.24) is 0 Å². The molecule has 0 aliphatic heterocycles. The first-order valence-electron chi connectivity index (χ1n) is 3.52. The molecule has 0 fully saturated rings. The smallest absolute Gasteiger partial charge is 0.330 e. The molecule has 0 saturated heterocycles. The second-order valence-corrected chi connectivity index (χ2v) is 4.12. The molecule has 0 bridgehead atoms. The predicted molar refractivity (Wildman–Crippen MR) is 46.5 cm³/mol. The maximum Gasteiger partial charge on any atom is 0.330 e. The molecule has 1 atom stereocenters. The Morgan fingerprint density at radius 2 is 2.15 bits per heavy atom. The molecular weight excluding hydrogens is 196 g/mol. The maximum atomic E-state index is 10.8. The molecule has 76 valence electrons. The Morgan fingerprint density at radius 1 is 1.62 bits per heavy atom. The molecule has 0 aliphatic rings. The molecule has 13 heavy (non-hydrogen) atoms. The van der Waals surface area contributed by atoms with Crippen LogP contribution in [0.15, 0.2) is 12.7 Å². The average Bonchev–Trinajstić information content (AvgIpc) is 2.03. The summed E-state index contributed by atoms with van der Waals surface area (Å²) in [5.74, 6) is -1.01. The highest BCUT2D eigenvalue weighted by Crippen LogP contribution is 1.99. The molecule has 0 heterocycles. The van der Waals surface area contributed by atoms with Gasteiger partial charge < -0.3 is 4.74 Å². The van der Waals surface area contributed by atoms with E-state index >= 15 is 0 Å². The van der Waals surface area contributed by atoms with Crippen LogP contribution >= 0.6 is 0 Å². The first-order valence-corrected chi connectivity index (χ1v) is 5.10. The first kappa shape index (κ1) is 12.1. The van der Waals surface area contributed by atoms with E-state index in [1.54, 1.807) is 0 Å². The van der Waals surface area contributed by atoms with Crippen LogP contribution in [0.1, 0.15) is 6.92 Å². The fourth-order valence-corrected chi connectivity index (χ4v) is 1.41. The Morgan fingerprint density at radius 3 is 2.54 bits per heavy atom. The van der Waals surface area contributed by atoms with Gasteiger partial charge in [-0.15, -0.1) is 0 Å². The van der Waals surface area contributed by atoms with Gasteiger partial charge in [-0.25, -0.2) is 4.79 Å². The Labute approximate surface area is 77.5 Å². The molecule has 1 unspecified atom stereocenters. The van der Waals surface area contributed by atoms with Crippen molar-refractivity contribution in [2.45, 2.75) is 13.0 Å². The van der Waals surface area contributed by atoms with Crippen LogP contribution in [-0.2, 0) is 23.8 Å². The van der Waals surface area contributed by atoms with Crippen LogP contribution in [0, 0.1) is 0 Å². The average molecular weight is 208 g/mol. The Balaban J connectivity index is 4.09. The van der Waals surface area contributed by atoms with E-state index < -0.39 is 22.2 Å². The maximum absolute atomic E-state index is 10.8. The highest BCUT2D eigenvalue weighted by molar-refractivity contribution is 7.86. The molecule has 0 saturated carbocycles. The van der Waals surface area contributed by atoms with Gasteiger partial charge in [0.15, 0.2) is 0 Å². The van der Waals surface area contributed by atoms with E-state index in [2.05, 4.69) is 15.5 Å². The third-order valence-corrected chi connectivity index (χ3v) is 2.56. The van der Waals surface area contributed by atoms with Crippen molar-refractivity contribution in [3.8, 4) is 0 Å². The van der Waals surface area contributed by atoms with Crippen LogP contribution in [0.5, 0.6) is 0 Å². The topological polar surface area (TPSA) is 69.7 Å². The zero-order valence-corrected chi connectivity index (χ0v) is 8.33. The molecule has 0 spiro atoms. The summed E-state index contributed by atoms with van der Waals surface area (Å²) >= 11 is 0. The van der Waals surface area contributed by atoms with Gasteiger partial charge in [0.1, 0.15) is 11.9 Å². The lowest BCUT2D eigenvalue weighted by molar-refractivity contribution is -0.141. The summed E-state index contributed by atoms with van der Waals surface area (Å²) < 4.78 is 30.5. The summed E-state index contributed by atoms with van der Waals surface area (Å²) in [6.45, 7) is 4.63. The van der Waals surface area contributed by atoms with Crippen molar-refractivity contribution >= 4 is 16.1 Å². The fourth-order valence-electron chi connectivity index (χ4n) is 0.636. The Hall–Kier alpha value is -0.880. The lowest BCUT2D eigenvalue weighted by atomic mass is 10.5. The van der Waals surface area contributed by atoms with E-state index in [1.165, 1.54) is 6.92 Å². The zero-order chi connectivity index (χ0) is 10.5. The van der Waals surface area contributed by atoms with E-state index in [9.17, 15) is 13.2 Å². The summed E-state index contributed by atoms with van der Waals surface area (Å²) in [6.07, 6.45) is 0.228. The number of carbonyl (C=O) groups excluding carboxylic acids is 1. The summed E-state index contributed by atoms with van der Waals surface area (Å²) in [5, 5.41) is 0. The molecule has 0 aliphatic carbocycles. The minimum Gasteiger partial charge on any atom is -0.458 e. The number of rotatable bonds is 5. The van der Waals surface area contributed by atoms with Crippen LogP contribution in [-0.4, -0.2) is 33.4 Å². The number of esters is 1. The van der Waals surface area contributed by atoms with Gasteiger partial charge in [0.2, 0.25) is 0 Å². The van der Waals surface area contributed by atoms with Gasteiger partial charge in [-0.3, -0.25) is 4.18 Å². The molecule has 0 amide bonds. The van der Waals surface area contributed by atoms with Crippen molar-refractivity contribution < 1.29 is 22.1 Å². The minimum absolute atomic E-state index is 0.358. The van der Waals surface area contributed by atoms with Crippen molar-refractivity contribution in [1.29, 1.82) is 0 Å². The summed E-state index contributed by atoms with van der Waals surface area (Å²) in [5.41, 5.74) is 0. The van der Waals surface area contributed by atoms with Crippen molar-refractivity contribution in [3.05, 3.63) is 12.7 Å². The van der Waals surface area contributed by atoms with Crippen molar-refractivity contribution in [3.63, 3.8) is 0 Å². The van der Waals surface area contributed by atoms with Gasteiger partial charge in [-0.2, -0.15) is 8.42 Å². The Kier molecular flexibility index (Phi) is 4.64. The van der Waals surface area contributed by atoms with Crippen molar-refractivity contribution in [2.24, 2.45) is 0 Å². The minimum atomic E-state index is -3.58. The molecule has 0 aromatic rings. The predicted octanol–water partition coefficient (Wildman–Crippen LogP) is 0.0803. The van der Waals surface area contributed by atoms with E-state index in [-0.39, 0.29) is 5.75 Å². The monoisotopic (exact) mass is 208 g/mol. The van der Waals surface area contributed by atoms with Crippen LogP contribution < -0.4 is 0 Å². The first-order chi connectivity index (χ1) is 5.91. The number of hydrogen-bond acceptors (Lipinski definition) is 5. The normalized spacial score (nSPS) is 13.4. The van der Waals surface area contributed by atoms with Crippen LogP contribution in [0.2, 0.25) is 0 Å². The fraction of sp³-hybridized carbons (Fsp3) is 0.571. The summed E-state index contributed by atoms with van der Waals surface area (Å²) in [4.78, 5) is 10.6. The standard InChI is InChI=1S/C7H12O5S/c1-4-7(8)12-6(2)5-13(9,10)11-3/h4,6H,1,5H2,2-3H3. The molecule has 0 rings (SSSR count). The van der Waals surface area contributed by atoms with E-state index in [4.69, 9.17) is 0 Å². The second-order valence-electron chi connectivity index (χ2n) is 2.34. The summed E-state index contributed by atoms with van der Waals surface area (Å²) in [6, 6.07) is 0. The van der Waals surface area contributed by atoms with Gasteiger partial charge in [-0.1, -0.05) is 6.58 Å². The molecule has 5 nitrogen and oxygen atoms in total. The third-order valence-electron chi connectivity index (χ3n) is 1.18. The SMILES string of the molecule is C=CC(=O)OC(C)CS(=O)(=O)OC. The molecular formula is C7H12O5S. The van der Waals surface area contributed by atoms with Crippen LogP contribution in [0.25, 0.3) is 0 Å². The van der Waals surface area contributed by atoms with E-state index in [0.29, 0.717) is 0 Å². The molecule has 0 aromatic heterocycles. The number of hydrogen-bond donors (Lipinski definition) is 0. The molecule has 0 radical (unpaired) electrons. The lowest BCUT2D eigenvalue weighted by Gasteiger charge is -2.10. The highest BCUT2D eigenvalue weighted by atomic mass is 32.2. The number of carbonyl (C=O) groups is 1. The van der Waals surface area contributed by atoms with Crippen molar-refractivity contribution in [2.75, 3.05) is 12.9 Å².